The van der Waals surface area contributed by atoms with E-state index < -0.39 is 0 Å². The van der Waals surface area contributed by atoms with E-state index >= 15 is 0 Å². The molecule has 82 valence electrons. The van der Waals surface area contributed by atoms with Gasteiger partial charge in [0.2, 0.25) is 0 Å². The van der Waals surface area contributed by atoms with E-state index in [1.165, 1.54) is 0 Å². The molecule has 0 aliphatic rings. The van der Waals surface area contributed by atoms with Gasteiger partial charge < -0.3 is 5.32 Å². The van der Waals surface area contributed by atoms with Crippen molar-refractivity contribution in [3.63, 3.8) is 0 Å². The first-order chi connectivity index (χ1) is 6.79. The molecule has 15 heavy (non-hydrogen) atoms. The average Bonchev–Trinajstić information content (AvgIpc) is 2.06. The first-order valence-electron chi connectivity index (χ1n) is 4.88. The fourth-order valence-electron chi connectivity index (χ4n) is 1.25. The molecule has 0 saturated carbocycles. The third kappa shape index (κ3) is 3.56. The maximum atomic E-state index is 11.9. The standard InChI is InChI=1S/C12H16ClNO/c1-8-5-6-9(13)7-10(8)11(15)14-12(2,3)4/h5-7H,1-4H3,(H,14,15). The van der Waals surface area contributed by atoms with Gasteiger partial charge in [0.25, 0.3) is 5.91 Å². The van der Waals surface area contributed by atoms with Gasteiger partial charge in [-0.25, -0.2) is 0 Å². The summed E-state index contributed by atoms with van der Waals surface area (Å²) >= 11 is 5.85. The Morgan fingerprint density at radius 3 is 2.47 bits per heavy atom. The fraction of sp³-hybridized carbons (Fsp3) is 0.417. The summed E-state index contributed by atoms with van der Waals surface area (Å²) in [6, 6.07) is 5.32. The topological polar surface area (TPSA) is 29.1 Å². The molecule has 0 unspecified atom stereocenters. The molecular formula is C12H16ClNO. The highest BCUT2D eigenvalue weighted by Crippen LogP contribution is 2.16. The van der Waals surface area contributed by atoms with Gasteiger partial charge in [0.15, 0.2) is 0 Å². The highest BCUT2D eigenvalue weighted by molar-refractivity contribution is 6.31. The first kappa shape index (κ1) is 12.1. The SMILES string of the molecule is Cc1ccc(Cl)cc1C(=O)NC(C)(C)C. The lowest BCUT2D eigenvalue weighted by Gasteiger charge is -2.21. The second-order valence-corrected chi connectivity index (χ2v) is 5.10. The molecule has 1 N–H and O–H groups in total. The monoisotopic (exact) mass is 225 g/mol. The molecule has 2 nitrogen and oxygen atoms in total. The van der Waals surface area contributed by atoms with Crippen LogP contribution in [0.15, 0.2) is 18.2 Å². The number of benzene rings is 1. The van der Waals surface area contributed by atoms with E-state index in [0.29, 0.717) is 10.6 Å². The lowest BCUT2D eigenvalue weighted by molar-refractivity contribution is 0.0919. The number of nitrogens with one attached hydrogen (secondary N) is 1. The van der Waals surface area contributed by atoms with E-state index in [1.807, 2.05) is 33.8 Å². The molecule has 0 saturated heterocycles. The van der Waals surface area contributed by atoms with Crippen molar-refractivity contribution in [3.05, 3.63) is 34.3 Å². The number of amides is 1. The minimum absolute atomic E-state index is 0.0810. The van der Waals surface area contributed by atoms with Crippen LogP contribution in [0.25, 0.3) is 0 Å². The highest BCUT2D eigenvalue weighted by atomic mass is 35.5. The quantitative estimate of drug-likeness (QED) is 0.782. The number of aryl methyl sites for hydroxylation is 1. The Labute approximate surface area is 95.6 Å². The summed E-state index contributed by atoms with van der Waals surface area (Å²) < 4.78 is 0. The van der Waals surface area contributed by atoms with Crippen molar-refractivity contribution in [1.29, 1.82) is 0 Å². The number of hydrogen-bond acceptors (Lipinski definition) is 1. The van der Waals surface area contributed by atoms with Crippen LogP contribution >= 0.6 is 11.6 Å². The van der Waals surface area contributed by atoms with Gasteiger partial charge in [-0.3, -0.25) is 4.79 Å². The van der Waals surface area contributed by atoms with Gasteiger partial charge in [-0.15, -0.1) is 0 Å². The summed E-state index contributed by atoms with van der Waals surface area (Å²) in [5.74, 6) is -0.0810. The van der Waals surface area contributed by atoms with Crippen molar-refractivity contribution in [2.24, 2.45) is 0 Å². The van der Waals surface area contributed by atoms with Crippen LogP contribution in [0.2, 0.25) is 5.02 Å². The average molecular weight is 226 g/mol. The van der Waals surface area contributed by atoms with Gasteiger partial charge in [-0.05, 0) is 45.4 Å². The summed E-state index contributed by atoms with van der Waals surface area (Å²) in [5.41, 5.74) is 1.34. The van der Waals surface area contributed by atoms with Gasteiger partial charge in [0.05, 0.1) is 0 Å². The molecule has 0 bridgehead atoms. The van der Waals surface area contributed by atoms with E-state index in [0.717, 1.165) is 5.56 Å². The van der Waals surface area contributed by atoms with Gasteiger partial charge in [-0.1, -0.05) is 17.7 Å². The van der Waals surface area contributed by atoms with Crippen molar-refractivity contribution < 1.29 is 4.79 Å². The van der Waals surface area contributed by atoms with Crippen LogP contribution in [0, 0.1) is 6.92 Å². The Bertz CT molecular complexity index is 380. The molecule has 0 heterocycles. The lowest BCUT2D eigenvalue weighted by Crippen LogP contribution is -2.40. The molecule has 1 aromatic rings. The summed E-state index contributed by atoms with van der Waals surface area (Å²) in [7, 11) is 0. The predicted molar refractivity (Wildman–Crippen MR) is 63.4 cm³/mol. The van der Waals surface area contributed by atoms with Crippen LogP contribution in [0.5, 0.6) is 0 Å². The number of carbonyl (C=O) groups is 1. The molecule has 0 radical (unpaired) electrons. The molecule has 0 atom stereocenters. The smallest absolute Gasteiger partial charge is 0.252 e. The van der Waals surface area contributed by atoms with Crippen molar-refractivity contribution in [1.82, 2.24) is 5.32 Å². The second kappa shape index (κ2) is 4.23. The van der Waals surface area contributed by atoms with Gasteiger partial charge >= 0.3 is 0 Å². The van der Waals surface area contributed by atoms with Crippen LogP contribution in [-0.2, 0) is 0 Å². The largest absolute Gasteiger partial charge is 0.347 e. The molecule has 0 aliphatic carbocycles. The zero-order chi connectivity index (χ0) is 11.6. The summed E-state index contributed by atoms with van der Waals surface area (Å²) in [5, 5.41) is 3.49. The maximum absolute atomic E-state index is 11.9. The number of carbonyl (C=O) groups excluding carboxylic acids is 1. The molecule has 0 aromatic heterocycles. The van der Waals surface area contributed by atoms with Gasteiger partial charge in [0.1, 0.15) is 0 Å². The van der Waals surface area contributed by atoms with Crippen molar-refractivity contribution >= 4 is 17.5 Å². The minimum atomic E-state index is -0.230. The first-order valence-corrected chi connectivity index (χ1v) is 5.26. The van der Waals surface area contributed by atoms with E-state index in [-0.39, 0.29) is 11.4 Å². The van der Waals surface area contributed by atoms with Crippen LogP contribution < -0.4 is 5.32 Å². The minimum Gasteiger partial charge on any atom is -0.347 e. The zero-order valence-electron chi connectivity index (χ0n) is 9.52. The summed E-state index contributed by atoms with van der Waals surface area (Å²) in [6.07, 6.45) is 0. The molecule has 0 fully saturated rings. The Morgan fingerprint density at radius 1 is 1.33 bits per heavy atom. The van der Waals surface area contributed by atoms with Gasteiger partial charge in [-0.2, -0.15) is 0 Å². The van der Waals surface area contributed by atoms with Gasteiger partial charge in [0, 0.05) is 16.1 Å². The number of rotatable bonds is 1. The fourth-order valence-corrected chi connectivity index (χ4v) is 1.42. The van der Waals surface area contributed by atoms with Crippen LogP contribution in [-0.4, -0.2) is 11.4 Å². The van der Waals surface area contributed by atoms with Crippen molar-refractivity contribution in [2.75, 3.05) is 0 Å². The van der Waals surface area contributed by atoms with Crippen LogP contribution in [0.1, 0.15) is 36.7 Å². The Balaban J connectivity index is 2.96. The number of halogens is 1. The van der Waals surface area contributed by atoms with Crippen molar-refractivity contribution in [2.45, 2.75) is 33.2 Å². The van der Waals surface area contributed by atoms with E-state index in [9.17, 15) is 4.79 Å². The highest BCUT2D eigenvalue weighted by Gasteiger charge is 2.16. The summed E-state index contributed by atoms with van der Waals surface area (Å²) in [4.78, 5) is 11.9. The maximum Gasteiger partial charge on any atom is 0.252 e. The number of hydrogen-bond donors (Lipinski definition) is 1. The molecule has 1 aromatic carbocycles. The van der Waals surface area contributed by atoms with E-state index in [2.05, 4.69) is 5.32 Å². The molecule has 0 aliphatic heterocycles. The molecular weight excluding hydrogens is 210 g/mol. The van der Waals surface area contributed by atoms with Crippen LogP contribution in [0.3, 0.4) is 0 Å². The Morgan fingerprint density at radius 2 is 1.93 bits per heavy atom. The normalized spacial score (nSPS) is 11.3. The predicted octanol–water partition coefficient (Wildman–Crippen LogP) is 3.18. The molecule has 0 spiro atoms. The molecule has 3 heteroatoms. The third-order valence-corrected chi connectivity index (χ3v) is 2.17. The molecule has 1 amide bonds. The van der Waals surface area contributed by atoms with Crippen LogP contribution in [0.4, 0.5) is 0 Å². The van der Waals surface area contributed by atoms with E-state index in [1.54, 1.807) is 12.1 Å². The third-order valence-electron chi connectivity index (χ3n) is 1.93. The zero-order valence-corrected chi connectivity index (χ0v) is 10.3. The Kier molecular flexibility index (Phi) is 3.40. The van der Waals surface area contributed by atoms with Crippen molar-refractivity contribution in [3.8, 4) is 0 Å². The molecule has 1 rings (SSSR count). The Hall–Kier alpha value is -1.02. The second-order valence-electron chi connectivity index (χ2n) is 4.66. The lowest BCUT2D eigenvalue weighted by atomic mass is 10.1. The van der Waals surface area contributed by atoms with E-state index in [4.69, 9.17) is 11.6 Å². The summed E-state index contributed by atoms with van der Waals surface area (Å²) in [6.45, 7) is 7.74.